The average Bonchev–Trinajstić information content (AvgIpc) is 2.43. The molecule has 1 N–H and O–H groups in total. The second-order valence-electron chi connectivity index (χ2n) is 3.01. The fraction of sp³-hybridized carbons (Fsp3) is 0.375. The molecule has 0 aliphatic carbocycles. The molecule has 72 valence electrons. The van der Waals surface area contributed by atoms with Crippen LogP contribution < -0.4 is 0 Å². The van der Waals surface area contributed by atoms with Crippen LogP contribution in [0.5, 0.6) is 0 Å². The molecule has 0 aromatic rings. The summed E-state index contributed by atoms with van der Waals surface area (Å²) in [6.45, 7) is 3.75. The molecule has 4 nitrogen and oxygen atoms in total. The molecule has 0 bridgehead atoms. The van der Waals surface area contributed by atoms with Crippen LogP contribution in [0.2, 0.25) is 0 Å². The minimum Gasteiger partial charge on any atom is -0.410 e. The lowest BCUT2D eigenvalue weighted by molar-refractivity contribution is 0.319. The van der Waals surface area contributed by atoms with E-state index in [-0.39, 0.29) is 10.3 Å². The summed E-state index contributed by atoms with van der Waals surface area (Å²) in [6, 6.07) is 3.63. The second kappa shape index (κ2) is 3.95. The van der Waals surface area contributed by atoms with Crippen molar-refractivity contribution in [2.24, 2.45) is 5.16 Å². The third-order valence-corrected chi connectivity index (χ3v) is 4.47. The molecule has 0 saturated carbocycles. The summed E-state index contributed by atoms with van der Waals surface area (Å²) in [4.78, 5) is 0. The molecule has 1 heterocycles. The van der Waals surface area contributed by atoms with Crippen LogP contribution in [0, 0.1) is 22.7 Å². The summed E-state index contributed by atoms with van der Waals surface area (Å²) in [5, 5.41) is 29.7. The molecular weight excluding hydrogens is 218 g/mol. The van der Waals surface area contributed by atoms with Gasteiger partial charge in [0.05, 0.1) is 8.98 Å². The predicted octanol–water partition coefficient (Wildman–Crippen LogP) is 2.29. The van der Waals surface area contributed by atoms with Crippen molar-refractivity contribution in [2.45, 2.75) is 18.6 Å². The molecule has 14 heavy (non-hydrogen) atoms. The second-order valence-corrected chi connectivity index (χ2v) is 5.90. The molecule has 1 aliphatic rings. The van der Waals surface area contributed by atoms with Gasteiger partial charge in [-0.15, -0.1) is 11.8 Å². The van der Waals surface area contributed by atoms with E-state index in [1.165, 1.54) is 23.5 Å². The van der Waals surface area contributed by atoms with E-state index >= 15 is 0 Å². The molecule has 0 spiro atoms. The van der Waals surface area contributed by atoms with Gasteiger partial charge in [-0.2, -0.15) is 10.5 Å². The molecule has 1 rings (SSSR count). The summed E-state index contributed by atoms with van der Waals surface area (Å²) in [6.07, 6.45) is 0. The Balaban J connectivity index is 3.12. The van der Waals surface area contributed by atoms with E-state index in [2.05, 4.69) is 5.16 Å². The van der Waals surface area contributed by atoms with Crippen molar-refractivity contribution in [1.82, 2.24) is 0 Å². The average molecular weight is 225 g/mol. The smallest absolute Gasteiger partial charge is 0.150 e. The van der Waals surface area contributed by atoms with Gasteiger partial charge >= 0.3 is 0 Å². The Labute approximate surface area is 90.3 Å². The van der Waals surface area contributed by atoms with Gasteiger partial charge in [-0.3, -0.25) is 0 Å². The number of hydrogen-bond donors (Lipinski definition) is 1. The molecule has 0 aromatic heterocycles. The van der Waals surface area contributed by atoms with Gasteiger partial charge in [0, 0.05) is 0 Å². The third kappa shape index (κ3) is 1.87. The Morgan fingerprint density at radius 1 is 1.43 bits per heavy atom. The van der Waals surface area contributed by atoms with Crippen molar-refractivity contribution in [3.8, 4) is 12.1 Å². The Morgan fingerprint density at radius 2 is 2.00 bits per heavy atom. The lowest BCUT2D eigenvalue weighted by Crippen LogP contribution is -2.19. The fourth-order valence-electron chi connectivity index (χ4n) is 0.866. The first-order valence-corrected chi connectivity index (χ1v) is 5.32. The highest BCUT2D eigenvalue weighted by molar-refractivity contribution is 8.35. The quantitative estimate of drug-likeness (QED) is 0.388. The Hall–Kier alpha value is -1.11. The number of hydrogen-bond acceptors (Lipinski definition) is 6. The first kappa shape index (κ1) is 11.0. The highest BCUT2D eigenvalue weighted by Crippen LogP contribution is 2.51. The normalized spacial score (nSPS) is 21.7. The standard InChI is InChI=1S/C8H7N3OS2/c1-8(2)7(11-12)13-6(14-8)5(3-9)4-10/h12H,1-2H3. The number of nitriles is 2. The first-order valence-electron chi connectivity index (χ1n) is 3.69. The first-order chi connectivity index (χ1) is 6.55. The lowest BCUT2D eigenvalue weighted by atomic mass is 10.2. The van der Waals surface area contributed by atoms with E-state index in [4.69, 9.17) is 15.7 Å². The highest BCUT2D eigenvalue weighted by Gasteiger charge is 2.38. The van der Waals surface area contributed by atoms with Crippen molar-refractivity contribution in [1.29, 1.82) is 10.5 Å². The van der Waals surface area contributed by atoms with Gasteiger partial charge in [0.2, 0.25) is 0 Å². The van der Waals surface area contributed by atoms with E-state index in [1.807, 2.05) is 26.0 Å². The zero-order valence-electron chi connectivity index (χ0n) is 7.61. The van der Waals surface area contributed by atoms with Crippen LogP contribution in [0.25, 0.3) is 0 Å². The molecule has 1 fully saturated rings. The summed E-state index contributed by atoms with van der Waals surface area (Å²) >= 11 is 2.54. The van der Waals surface area contributed by atoms with Crippen molar-refractivity contribution in [3.63, 3.8) is 0 Å². The number of oxime groups is 1. The molecule has 0 aromatic carbocycles. The summed E-state index contributed by atoms with van der Waals surface area (Å²) in [5.74, 6) is 0. The largest absolute Gasteiger partial charge is 0.410 e. The molecule has 0 atom stereocenters. The van der Waals surface area contributed by atoms with Crippen LogP contribution in [0.1, 0.15) is 13.8 Å². The van der Waals surface area contributed by atoms with Gasteiger partial charge in [0.25, 0.3) is 0 Å². The molecule has 0 amide bonds. The van der Waals surface area contributed by atoms with Crippen LogP contribution in [0.3, 0.4) is 0 Å². The van der Waals surface area contributed by atoms with Crippen LogP contribution in [0.15, 0.2) is 15.0 Å². The molecule has 6 heteroatoms. The molecule has 0 radical (unpaired) electrons. The van der Waals surface area contributed by atoms with E-state index in [0.717, 1.165) is 0 Å². The SMILES string of the molecule is CC1(C)SC(=C(C#N)C#N)SC1=NO. The van der Waals surface area contributed by atoms with Crippen molar-refractivity contribution < 1.29 is 5.21 Å². The summed E-state index contributed by atoms with van der Waals surface area (Å²) < 4.78 is 0.237. The Kier molecular flexibility index (Phi) is 3.10. The molecule has 0 unspecified atom stereocenters. The Bertz CT molecular complexity index is 382. The fourth-order valence-corrected chi connectivity index (χ4v) is 3.59. The van der Waals surface area contributed by atoms with Gasteiger partial charge < -0.3 is 5.21 Å². The van der Waals surface area contributed by atoms with Crippen LogP contribution >= 0.6 is 23.5 Å². The number of thioether (sulfide) groups is 2. The monoisotopic (exact) mass is 225 g/mol. The van der Waals surface area contributed by atoms with E-state index < -0.39 is 0 Å². The van der Waals surface area contributed by atoms with Crippen molar-refractivity contribution in [3.05, 3.63) is 9.81 Å². The van der Waals surface area contributed by atoms with Crippen molar-refractivity contribution >= 4 is 28.6 Å². The highest BCUT2D eigenvalue weighted by atomic mass is 32.2. The Morgan fingerprint density at radius 3 is 2.36 bits per heavy atom. The van der Waals surface area contributed by atoms with E-state index in [0.29, 0.717) is 9.28 Å². The topological polar surface area (TPSA) is 80.2 Å². The molecule has 1 saturated heterocycles. The van der Waals surface area contributed by atoms with Gasteiger partial charge in [0.1, 0.15) is 22.8 Å². The summed E-state index contributed by atoms with van der Waals surface area (Å²) in [7, 11) is 0. The van der Waals surface area contributed by atoms with E-state index in [1.54, 1.807) is 0 Å². The molecular formula is C8H7N3OS2. The van der Waals surface area contributed by atoms with Crippen molar-refractivity contribution in [2.75, 3.05) is 0 Å². The maximum atomic E-state index is 8.71. The minimum atomic E-state index is -0.367. The van der Waals surface area contributed by atoms with Gasteiger partial charge in [-0.05, 0) is 13.8 Å². The van der Waals surface area contributed by atoms with Gasteiger partial charge in [-0.25, -0.2) is 0 Å². The lowest BCUT2D eigenvalue weighted by Gasteiger charge is -2.12. The predicted molar refractivity (Wildman–Crippen MR) is 56.7 cm³/mol. The van der Waals surface area contributed by atoms with Gasteiger partial charge in [-0.1, -0.05) is 16.9 Å². The number of allylic oxidation sites excluding steroid dienone is 1. The number of nitrogens with zero attached hydrogens (tertiary/aromatic N) is 3. The zero-order chi connectivity index (χ0) is 10.8. The van der Waals surface area contributed by atoms with Crippen LogP contribution in [0.4, 0.5) is 0 Å². The van der Waals surface area contributed by atoms with E-state index in [9.17, 15) is 0 Å². The molecule has 1 aliphatic heterocycles. The van der Waals surface area contributed by atoms with Gasteiger partial charge in [0.15, 0.2) is 0 Å². The summed E-state index contributed by atoms with van der Waals surface area (Å²) in [5.41, 5.74) is 0.0757. The third-order valence-electron chi connectivity index (χ3n) is 1.57. The number of rotatable bonds is 0. The minimum absolute atomic E-state index is 0.0757. The maximum Gasteiger partial charge on any atom is 0.150 e. The van der Waals surface area contributed by atoms with Crippen LogP contribution in [-0.4, -0.2) is 15.0 Å². The zero-order valence-corrected chi connectivity index (χ0v) is 9.24. The maximum absolute atomic E-state index is 8.71. The van der Waals surface area contributed by atoms with Crippen LogP contribution in [-0.2, 0) is 0 Å².